The van der Waals surface area contributed by atoms with E-state index >= 15 is 0 Å². The fourth-order valence-electron chi connectivity index (χ4n) is 4.00. The van der Waals surface area contributed by atoms with E-state index in [0.29, 0.717) is 6.04 Å². The van der Waals surface area contributed by atoms with Gasteiger partial charge in [0.15, 0.2) is 5.96 Å². The molecule has 0 unspecified atom stereocenters. The molecule has 2 fully saturated rings. The van der Waals surface area contributed by atoms with E-state index in [9.17, 15) is 0 Å². The van der Waals surface area contributed by atoms with Crippen molar-refractivity contribution in [2.24, 2.45) is 4.99 Å². The van der Waals surface area contributed by atoms with E-state index in [0.717, 1.165) is 30.7 Å². The van der Waals surface area contributed by atoms with Gasteiger partial charge in [-0.25, -0.2) is 0 Å². The Hall–Kier alpha value is -0.760. The lowest BCUT2D eigenvalue weighted by atomic mass is 9.92. The van der Waals surface area contributed by atoms with Gasteiger partial charge in [0, 0.05) is 45.2 Å². The van der Waals surface area contributed by atoms with Crippen molar-refractivity contribution in [2.45, 2.75) is 63.5 Å². The molecule has 1 saturated carbocycles. The molecule has 1 aromatic heterocycles. The van der Waals surface area contributed by atoms with Crippen LogP contribution in [-0.2, 0) is 6.42 Å². The number of aliphatic imine (C=N–C) groups is 1. The minimum atomic E-state index is 0. The van der Waals surface area contributed by atoms with Crippen molar-refractivity contribution in [3.8, 4) is 0 Å². The number of likely N-dealkylation sites (tertiary alicyclic amines) is 1. The summed E-state index contributed by atoms with van der Waals surface area (Å²) in [7, 11) is 1.85. The quantitative estimate of drug-likeness (QED) is 0.402. The Morgan fingerprint density at radius 3 is 2.60 bits per heavy atom. The van der Waals surface area contributed by atoms with Crippen LogP contribution in [-0.4, -0.2) is 49.6 Å². The third-order valence-electron chi connectivity index (χ3n) is 5.43. The molecular formula is C19H33IN4O. The molecule has 0 amide bonds. The van der Waals surface area contributed by atoms with Gasteiger partial charge < -0.3 is 20.0 Å². The predicted molar refractivity (Wildman–Crippen MR) is 114 cm³/mol. The van der Waals surface area contributed by atoms with E-state index in [4.69, 9.17) is 4.42 Å². The zero-order valence-electron chi connectivity index (χ0n) is 15.4. The van der Waals surface area contributed by atoms with Crippen LogP contribution in [0.4, 0.5) is 0 Å². The van der Waals surface area contributed by atoms with Crippen LogP contribution in [0.2, 0.25) is 0 Å². The van der Waals surface area contributed by atoms with E-state index in [1.807, 2.05) is 19.2 Å². The second-order valence-corrected chi connectivity index (χ2v) is 7.07. The third kappa shape index (κ3) is 6.47. The van der Waals surface area contributed by atoms with Gasteiger partial charge in [0.1, 0.15) is 5.76 Å². The van der Waals surface area contributed by atoms with Crippen LogP contribution in [0.5, 0.6) is 0 Å². The Morgan fingerprint density at radius 1 is 1.20 bits per heavy atom. The zero-order valence-corrected chi connectivity index (χ0v) is 17.7. The lowest BCUT2D eigenvalue weighted by Crippen LogP contribution is -2.51. The summed E-state index contributed by atoms with van der Waals surface area (Å²) in [6.45, 7) is 3.30. The molecule has 1 aliphatic heterocycles. The predicted octanol–water partition coefficient (Wildman–Crippen LogP) is 3.40. The Kier molecular flexibility index (Phi) is 9.09. The number of rotatable bonds is 5. The van der Waals surface area contributed by atoms with Crippen molar-refractivity contribution in [3.05, 3.63) is 24.2 Å². The maximum Gasteiger partial charge on any atom is 0.191 e. The number of hydrogen-bond acceptors (Lipinski definition) is 3. The molecule has 1 aliphatic carbocycles. The second-order valence-electron chi connectivity index (χ2n) is 7.07. The molecule has 0 radical (unpaired) electrons. The molecule has 0 aromatic carbocycles. The maximum absolute atomic E-state index is 5.36. The SMILES string of the molecule is CN=C(NCCc1ccco1)NC1CCN(C2CCCCC2)CC1.I. The van der Waals surface area contributed by atoms with Crippen LogP contribution in [0.25, 0.3) is 0 Å². The first-order valence-corrected chi connectivity index (χ1v) is 9.59. The van der Waals surface area contributed by atoms with Gasteiger partial charge in [-0.15, -0.1) is 24.0 Å². The summed E-state index contributed by atoms with van der Waals surface area (Å²) in [4.78, 5) is 7.09. The van der Waals surface area contributed by atoms with Gasteiger partial charge in [-0.05, 0) is 37.8 Å². The normalized spacial score (nSPS) is 20.9. The molecule has 25 heavy (non-hydrogen) atoms. The smallest absolute Gasteiger partial charge is 0.191 e. The molecular weight excluding hydrogens is 427 g/mol. The van der Waals surface area contributed by atoms with E-state index in [1.54, 1.807) is 6.26 Å². The van der Waals surface area contributed by atoms with Crippen molar-refractivity contribution in [2.75, 3.05) is 26.7 Å². The van der Waals surface area contributed by atoms with Crippen LogP contribution < -0.4 is 10.6 Å². The zero-order chi connectivity index (χ0) is 16.6. The highest BCUT2D eigenvalue weighted by Crippen LogP contribution is 2.25. The van der Waals surface area contributed by atoms with Crippen molar-refractivity contribution in [1.29, 1.82) is 0 Å². The lowest BCUT2D eigenvalue weighted by Gasteiger charge is -2.39. The summed E-state index contributed by atoms with van der Waals surface area (Å²) >= 11 is 0. The van der Waals surface area contributed by atoms with Crippen molar-refractivity contribution < 1.29 is 4.42 Å². The van der Waals surface area contributed by atoms with Crippen LogP contribution in [0.3, 0.4) is 0 Å². The molecule has 3 rings (SSSR count). The molecule has 6 heteroatoms. The number of nitrogens with one attached hydrogen (secondary N) is 2. The largest absolute Gasteiger partial charge is 0.469 e. The number of piperidine rings is 1. The molecule has 2 heterocycles. The van der Waals surface area contributed by atoms with Crippen molar-refractivity contribution >= 4 is 29.9 Å². The summed E-state index contributed by atoms with van der Waals surface area (Å²) < 4.78 is 5.36. The summed E-state index contributed by atoms with van der Waals surface area (Å²) in [5, 5.41) is 6.99. The minimum absolute atomic E-state index is 0. The molecule has 2 aliphatic rings. The highest BCUT2D eigenvalue weighted by Gasteiger charge is 2.26. The Balaban J connectivity index is 0.00000225. The Bertz CT molecular complexity index is 492. The van der Waals surface area contributed by atoms with E-state index in [1.165, 1.54) is 58.0 Å². The van der Waals surface area contributed by atoms with Crippen LogP contribution in [0.15, 0.2) is 27.8 Å². The molecule has 2 N–H and O–H groups in total. The fourth-order valence-corrected chi connectivity index (χ4v) is 4.00. The lowest BCUT2D eigenvalue weighted by molar-refractivity contribution is 0.119. The number of hydrogen-bond donors (Lipinski definition) is 2. The number of guanidine groups is 1. The van der Waals surface area contributed by atoms with Gasteiger partial charge in [0.2, 0.25) is 0 Å². The topological polar surface area (TPSA) is 52.8 Å². The standard InChI is InChI=1S/C19H32N4O.HI/c1-20-19(21-12-9-18-8-5-15-24-18)22-16-10-13-23(14-11-16)17-6-3-2-4-7-17;/h5,8,15-17H,2-4,6-7,9-14H2,1H3,(H2,20,21,22);1H. The molecule has 1 aromatic rings. The monoisotopic (exact) mass is 460 g/mol. The van der Waals surface area contributed by atoms with Gasteiger partial charge >= 0.3 is 0 Å². The van der Waals surface area contributed by atoms with E-state index < -0.39 is 0 Å². The first-order valence-electron chi connectivity index (χ1n) is 9.59. The maximum atomic E-state index is 5.36. The highest BCUT2D eigenvalue weighted by molar-refractivity contribution is 14.0. The summed E-state index contributed by atoms with van der Waals surface area (Å²) in [6.07, 6.45) is 12.2. The third-order valence-corrected chi connectivity index (χ3v) is 5.43. The first kappa shape index (κ1) is 20.6. The van der Waals surface area contributed by atoms with Crippen LogP contribution >= 0.6 is 24.0 Å². The van der Waals surface area contributed by atoms with E-state index in [2.05, 4.69) is 20.5 Å². The summed E-state index contributed by atoms with van der Waals surface area (Å²) in [5.74, 6) is 1.93. The average Bonchev–Trinajstić information content (AvgIpc) is 3.15. The molecule has 142 valence electrons. The Labute approximate surface area is 169 Å². The van der Waals surface area contributed by atoms with Crippen molar-refractivity contribution in [1.82, 2.24) is 15.5 Å². The molecule has 0 bridgehead atoms. The number of furan rings is 1. The number of halogens is 1. The van der Waals surface area contributed by atoms with Gasteiger partial charge in [-0.1, -0.05) is 19.3 Å². The van der Waals surface area contributed by atoms with Crippen LogP contribution in [0, 0.1) is 0 Å². The van der Waals surface area contributed by atoms with Crippen molar-refractivity contribution in [3.63, 3.8) is 0 Å². The van der Waals surface area contributed by atoms with Gasteiger partial charge in [-0.2, -0.15) is 0 Å². The van der Waals surface area contributed by atoms with Gasteiger partial charge in [0.25, 0.3) is 0 Å². The molecule has 5 nitrogen and oxygen atoms in total. The van der Waals surface area contributed by atoms with E-state index in [-0.39, 0.29) is 24.0 Å². The van der Waals surface area contributed by atoms with Crippen LogP contribution in [0.1, 0.15) is 50.7 Å². The van der Waals surface area contributed by atoms with Gasteiger partial charge in [-0.3, -0.25) is 4.99 Å². The summed E-state index contributed by atoms with van der Waals surface area (Å²) in [5.41, 5.74) is 0. The fraction of sp³-hybridized carbons (Fsp3) is 0.737. The number of nitrogens with zero attached hydrogens (tertiary/aromatic N) is 2. The first-order chi connectivity index (χ1) is 11.8. The van der Waals surface area contributed by atoms with Gasteiger partial charge in [0.05, 0.1) is 6.26 Å². The second kappa shape index (κ2) is 11.1. The minimum Gasteiger partial charge on any atom is -0.469 e. The molecule has 0 atom stereocenters. The average molecular weight is 460 g/mol. The Morgan fingerprint density at radius 2 is 1.96 bits per heavy atom. The molecule has 0 spiro atoms. The molecule has 1 saturated heterocycles. The highest BCUT2D eigenvalue weighted by atomic mass is 127. The summed E-state index contributed by atoms with van der Waals surface area (Å²) in [6, 6.07) is 5.34.